The van der Waals surface area contributed by atoms with Gasteiger partial charge in [-0.3, -0.25) is 9.59 Å². The van der Waals surface area contributed by atoms with Crippen LogP contribution in [0, 0.1) is 0 Å². The number of piperazine rings is 1. The molecule has 0 unspecified atom stereocenters. The molecule has 5 heteroatoms. The van der Waals surface area contributed by atoms with Crippen LogP contribution in [0.25, 0.3) is 0 Å². The summed E-state index contributed by atoms with van der Waals surface area (Å²) in [5.74, 6) is 0.194. The zero-order chi connectivity index (χ0) is 16.2. The Labute approximate surface area is 150 Å². The van der Waals surface area contributed by atoms with Gasteiger partial charge in [-0.2, -0.15) is 0 Å². The Kier molecular flexibility index (Phi) is 6.81. The summed E-state index contributed by atoms with van der Waals surface area (Å²) in [6.07, 6.45) is 5.30. The Bertz CT molecular complexity index is 603. The number of amides is 1. The van der Waals surface area contributed by atoms with Crippen LogP contribution in [-0.4, -0.2) is 42.3 Å². The highest BCUT2D eigenvalue weighted by atomic mass is 35.5. The first-order valence-corrected chi connectivity index (χ1v) is 8.80. The molecule has 1 aliphatic heterocycles. The third-order valence-corrected chi connectivity index (χ3v) is 5.06. The molecule has 1 atom stereocenters. The second-order valence-electron chi connectivity index (χ2n) is 6.75. The first kappa shape index (κ1) is 18.9. The van der Waals surface area contributed by atoms with Crippen LogP contribution in [0.5, 0.6) is 0 Å². The van der Waals surface area contributed by atoms with Crippen molar-refractivity contribution in [2.75, 3.05) is 19.6 Å². The number of carbonyl (C=O) groups excluding carboxylic acids is 2. The van der Waals surface area contributed by atoms with Gasteiger partial charge in [0.15, 0.2) is 5.78 Å². The van der Waals surface area contributed by atoms with E-state index in [0.29, 0.717) is 12.8 Å². The van der Waals surface area contributed by atoms with Crippen LogP contribution < -0.4 is 5.32 Å². The highest BCUT2D eigenvalue weighted by Crippen LogP contribution is 2.23. The predicted octanol–water partition coefficient (Wildman–Crippen LogP) is 2.77. The SMILES string of the molecule is C[C@@H]1CNCCN1C(=O)CCC(=O)c1ccc2c(c1)CCCC2.Cl. The summed E-state index contributed by atoms with van der Waals surface area (Å²) in [4.78, 5) is 26.6. The van der Waals surface area contributed by atoms with Gasteiger partial charge in [-0.1, -0.05) is 12.1 Å². The normalized spacial score (nSPS) is 20.0. The number of benzene rings is 1. The third kappa shape index (κ3) is 4.37. The van der Waals surface area contributed by atoms with Gasteiger partial charge in [0.25, 0.3) is 0 Å². The minimum Gasteiger partial charge on any atom is -0.337 e. The topological polar surface area (TPSA) is 49.4 Å². The van der Waals surface area contributed by atoms with Crippen LogP contribution in [0.3, 0.4) is 0 Å². The molecule has 1 aromatic rings. The number of nitrogens with zero attached hydrogens (tertiary/aromatic N) is 1. The Morgan fingerprint density at radius 2 is 1.92 bits per heavy atom. The molecule has 0 spiro atoms. The maximum absolute atomic E-state index is 12.4. The van der Waals surface area contributed by atoms with Gasteiger partial charge in [0.1, 0.15) is 0 Å². The first-order valence-electron chi connectivity index (χ1n) is 8.80. The van der Waals surface area contributed by atoms with Crippen LogP contribution in [0.4, 0.5) is 0 Å². The minimum atomic E-state index is 0. The summed E-state index contributed by atoms with van der Waals surface area (Å²) in [7, 11) is 0. The zero-order valence-electron chi connectivity index (χ0n) is 14.3. The van der Waals surface area contributed by atoms with Gasteiger partial charge in [-0.15, -0.1) is 12.4 Å². The van der Waals surface area contributed by atoms with Crippen molar-refractivity contribution in [1.82, 2.24) is 10.2 Å². The van der Waals surface area contributed by atoms with Crippen LogP contribution in [0.15, 0.2) is 18.2 Å². The molecule has 1 N–H and O–H groups in total. The lowest BCUT2D eigenvalue weighted by Gasteiger charge is -2.34. The van der Waals surface area contributed by atoms with Crippen molar-refractivity contribution in [3.8, 4) is 0 Å². The first-order chi connectivity index (χ1) is 11.1. The van der Waals surface area contributed by atoms with Crippen molar-refractivity contribution < 1.29 is 9.59 Å². The molecule has 1 amide bonds. The average molecular weight is 351 g/mol. The van der Waals surface area contributed by atoms with Gasteiger partial charge in [0.2, 0.25) is 5.91 Å². The molecule has 132 valence electrons. The van der Waals surface area contributed by atoms with Crippen molar-refractivity contribution in [1.29, 1.82) is 0 Å². The molecule has 1 saturated heterocycles. The number of hydrogen-bond acceptors (Lipinski definition) is 3. The van der Waals surface area contributed by atoms with Crippen molar-refractivity contribution in [2.24, 2.45) is 0 Å². The molecule has 1 fully saturated rings. The Balaban J connectivity index is 0.00000208. The molecule has 0 saturated carbocycles. The van der Waals surface area contributed by atoms with Crippen LogP contribution in [0.1, 0.15) is 54.1 Å². The molecular weight excluding hydrogens is 324 g/mol. The number of fused-ring (bicyclic) bond motifs is 1. The van der Waals surface area contributed by atoms with Crippen LogP contribution in [0.2, 0.25) is 0 Å². The largest absolute Gasteiger partial charge is 0.337 e. The Hall–Kier alpha value is -1.39. The van der Waals surface area contributed by atoms with Gasteiger partial charge in [0, 0.05) is 44.1 Å². The highest BCUT2D eigenvalue weighted by Gasteiger charge is 2.23. The minimum absolute atomic E-state index is 0. The predicted molar refractivity (Wildman–Crippen MR) is 97.9 cm³/mol. The monoisotopic (exact) mass is 350 g/mol. The van der Waals surface area contributed by atoms with Crippen molar-refractivity contribution >= 4 is 24.1 Å². The molecule has 1 heterocycles. The number of halogens is 1. The van der Waals surface area contributed by atoms with E-state index in [1.54, 1.807) is 0 Å². The van der Waals surface area contributed by atoms with E-state index in [1.807, 2.05) is 11.0 Å². The zero-order valence-corrected chi connectivity index (χ0v) is 15.2. The lowest BCUT2D eigenvalue weighted by atomic mass is 9.89. The molecule has 0 radical (unpaired) electrons. The fourth-order valence-electron chi connectivity index (χ4n) is 3.63. The van der Waals surface area contributed by atoms with Crippen LogP contribution >= 0.6 is 12.4 Å². The lowest BCUT2D eigenvalue weighted by molar-refractivity contribution is -0.133. The number of Topliss-reactive ketones (excluding diaryl/α,β-unsaturated/α-hetero) is 1. The molecule has 3 rings (SSSR count). The number of nitrogens with one attached hydrogen (secondary N) is 1. The van der Waals surface area contributed by atoms with E-state index >= 15 is 0 Å². The standard InChI is InChI=1S/C19H26N2O2.ClH/c1-14-13-20-10-11-21(14)19(23)9-8-18(22)17-7-6-15-4-2-3-5-16(15)12-17;/h6-7,12,14,20H,2-5,8-11,13H2,1H3;1H/t14-;/m1./s1. The number of hydrogen-bond donors (Lipinski definition) is 1. The van der Waals surface area contributed by atoms with Gasteiger partial charge in [-0.25, -0.2) is 0 Å². The van der Waals surface area contributed by atoms with E-state index in [1.165, 1.54) is 24.0 Å². The van der Waals surface area contributed by atoms with Crippen molar-refractivity contribution in [2.45, 2.75) is 51.5 Å². The number of aryl methyl sites for hydroxylation is 2. The maximum Gasteiger partial charge on any atom is 0.223 e. The van der Waals surface area contributed by atoms with Crippen molar-refractivity contribution in [3.05, 3.63) is 34.9 Å². The van der Waals surface area contributed by atoms with E-state index < -0.39 is 0 Å². The number of rotatable bonds is 4. The summed E-state index contributed by atoms with van der Waals surface area (Å²) in [5, 5.41) is 3.28. The summed E-state index contributed by atoms with van der Waals surface area (Å²) in [6, 6.07) is 6.30. The van der Waals surface area contributed by atoms with Gasteiger partial charge in [-0.05, 0) is 49.8 Å². The summed E-state index contributed by atoms with van der Waals surface area (Å²) >= 11 is 0. The third-order valence-electron chi connectivity index (χ3n) is 5.06. The molecule has 2 aliphatic rings. The van der Waals surface area contributed by atoms with E-state index in [4.69, 9.17) is 0 Å². The van der Waals surface area contributed by atoms with Gasteiger partial charge < -0.3 is 10.2 Å². The molecular formula is C19H27ClN2O2. The van der Waals surface area contributed by atoms with Gasteiger partial charge in [0.05, 0.1) is 0 Å². The highest BCUT2D eigenvalue weighted by molar-refractivity contribution is 5.98. The number of carbonyl (C=O) groups is 2. The van der Waals surface area contributed by atoms with Gasteiger partial charge >= 0.3 is 0 Å². The smallest absolute Gasteiger partial charge is 0.223 e. The van der Waals surface area contributed by atoms with E-state index in [9.17, 15) is 9.59 Å². The quantitative estimate of drug-likeness (QED) is 0.849. The lowest BCUT2D eigenvalue weighted by Crippen LogP contribution is -2.52. The molecule has 4 nitrogen and oxygen atoms in total. The average Bonchev–Trinajstić information content (AvgIpc) is 2.59. The molecule has 0 bridgehead atoms. The fraction of sp³-hybridized carbons (Fsp3) is 0.579. The molecule has 1 aromatic carbocycles. The summed E-state index contributed by atoms with van der Waals surface area (Å²) in [5.41, 5.74) is 3.48. The second-order valence-corrected chi connectivity index (χ2v) is 6.75. The maximum atomic E-state index is 12.4. The molecule has 0 aromatic heterocycles. The fourth-order valence-corrected chi connectivity index (χ4v) is 3.63. The molecule has 1 aliphatic carbocycles. The second kappa shape index (κ2) is 8.63. The van der Waals surface area contributed by atoms with E-state index in [2.05, 4.69) is 24.4 Å². The van der Waals surface area contributed by atoms with E-state index in [0.717, 1.165) is 38.0 Å². The number of ketones is 1. The van der Waals surface area contributed by atoms with Crippen molar-refractivity contribution in [3.63, 3.8) is 0 Å². The Morgan fingerprint density at radius 3 is 2.67 bits per heavy atom. The summed E-state index contributed by atoms with van der Waals surface area (Å²) in [6.45, 7) is 4.47. The van der Waals surface area contributed by atoms with E-state index in [-0.39, 0.29) is 30.1 Å². The summed E-state index contributed by atoms with van der Waals surface area (Å²) < 4.78 is 0. The Morgan fingerprint density at radius 1 is 1.17 bits per heavy atom. The van der Waals surface area contributed by atoms with Crippen LogP contribution in [-0.2, 0) is 17.6 Å². The molecule has 24 heavy (non-hydrogen) atoms.